The average molecular weight is 269 g/mol. The lowest BCUT2D eigenvalue weighted by atomic mass is 9.91. The van der Waals surface area contributed by atoms with Crippen LogP contribution in [-0.2, 0) is 4.79 Å². The van der Waals surface area contributed by atoms with Crippen LogP contribution in [0.2, 0.25) is 0 Å². The first-order valence-electron chi connectivity index (χ1n) is 7.60. The van der Waals surface area contributed by atoms with Crippen molar-refractivity contribution in [3.8, 4) is 0 Å². The number of likely N-dealkylation sites (N-methyl/N-ethyl adjacent to an activating group) is 1. The van der Waals surface area contributed by atoms with E-state index in [4.69, 9.17) is 5.73 Å². The Balaban J connectivity index is 2.66. The van der Waals surface area contributed by atoms with Gasteiger partial charge in [0.25, 0.3) is 0 Å². The van der Waals surface area contributed by atoms with Gasteiger partial charge in [-0.15, -0.1) is 0 Å². The van der Waals surface area contributed by atoms with Gasteiger partial charge in [-0.25, -0.2) is 0 Å². The molecule has 1 saturated carbocycles. The molecule has 4 heteroatoms. The molecule has 1 amide bonds. The molecule has 0 heterocycles. The molecule has 0 aromatic heterocycles. The highest BCUT2D eigenvalue weighted by molar-refractivity contribution is 5.84. The first-order valence-corrected chi connectivity index (χ1v) is 7.60. The molecule has 2 atom stereocenters. The Morgan fingerprint density at radius 1 is 1.42 bits per heavy atom. The molecule has 2 unspecified atom stereocenters. The molecular weight excluding hydrogens is 238 g/mol. The summed E-state index contributed by atoms with van der Waals surface area (Å²) in [7, 11) is 0. The molecule has 0 spiro atoms. The van der Waals surface area contributed by atoms with Gasteiger partial charge in [-0.2, -0.15) is 0 Å². The summed E-state index contributed by atoms with van der Waals surface area (Å²) in [5, 5.41) is 3.25. The first-order chi connectivity index (χ1) is 8.80. The molecule has 1 fully saturated rings. The van der Waals surface area contributed by atoms with Gasteiger partial charge < -0.3 is 11.1 Å². The third-order valence-electron chi connectivity index (χ3n) is 4.21. The quantitative estimate of drug-likeness (QED) is 0.670. The fourth-order valence-corrected chi connectivity index (χ4v) is 2.86. The van der Waals surface area contributed by atoms with Gasteiger partial charge in [0.1, 0.15) is 0 Å². The minimum absolute atomic E-state index is 0.253. The van der Waals surface area contributed by atoms with E-state index in [1.165, 1.54) is 12.8 Å². The fraction of sp³-hybridized carbons (Fsp3) is 0.933. The molecule has 1 aliphatic rings. The molecule has 4 nitrogen and oxygen atoms in total. The number of hydrogen-bond acceptors (Lipinski definition) is 3. The molecule has 0 aromatic rings. The maximum absolute atomic E-state index is 11.7. The van der Waals surface area contributed by atoms with Crippen molar-refractivity contribution in [3.05, 3.63) is 0 Å². The molecule has 0 bridgehead atoms. The van der Waals surface area contributed by atoms with Crippen LogP contribution in [0.25, 0.3) is 0 Å². The summed E-state index contributed by atoms with van der Waals surface area (Å²) in [6.45, 7) is 12.5. The zero-order valence-corrected chi connectivity index (χ0v) is 13.2. The van der Waals surface area contributed by atoms with E-state index in [0.29, 0.717) is 12.1 Å². The number of amides is 1. The van der Waals surface area contributed by atoms with Crippen molar-refractivity contribution in [1.29, 1.82) is 0 Å². The van der Waals surface area contributed by atoms with Crippen LogP contribution in [0.4, 0.5) is 0 Å². The van der Waals surface area contributed by atoms with Gasteiger partial charge in [-0.05, 0) is 59.4 Å². The molecule has 112 valence electrons. The van der Waals surface area contributed by atoms with Crippen LogP contribution < -0.4 is 11.1 Å². The number of nitrogens with two attached hydrogens (primary N) is 1. The fourth-order valence-electron chi connectivity index (χ4n) is 2.86. The highest BCUT2D eigenvalue weighted by Crippen LogP contribution is 2.32. The maximum Gasteiger partial charge on any atom is 0.237 e. The number of carbonyl (C=O) groups excluding carboxylic acids is 1. The van der Waals surface area contributed by atoms with Gasteiger partial charge in [0.05, 0.1) is 5.54 Å². The Hall–Kier alpha value is -0.610. The van der Waals surface area contributed by atoms with Crippen molar-refractivity contribution < 1.29 is 4.79 Å². The number of primary amides is 1. The Kier molecular flexibility index (Phi) is 5.81. The van der Waals surface area contributed by atoms with Crippen LogP contribution in [0.1, 0.15) is 53.9 Å². The second kappa shape index (κ2) is 6.71. The van der Waals surface area contributed by atoms with Crippen LogP contribution in [0.5, 0.6) is 0 Å². The van der Waals surface area contributed by atoms with Crippen LogP contribution in [0.15, 0.2) is 0 Å². The molecule has 0 radical (unpaired) electrons. The lowest BCUT2D eigenvalue weighted by molar-refractivity contribution is -0.124. The minimum Gasteiger partial charge on any atom is -0.368 e. The Labute approximate surface area is 118 Å². The highest BCUT2D eigenvalue weighted by Gasteiger charge is 2.35. The Bertz CT molecular complexity index is 302. The predicted molar refractivity (Wildman–Crippen MR) is 79.9 cm³/mol. The summed E-state index contributed by atoms with van der Waals surface area (Å²) in [5.41, 5.74) is 4.97. The van der Waals surface area contributed by atoms with Gasteiger partial charge in [0.15, 0.2) is 0 Å². The Morgan fingerprint density at radius 2 is 2.00 bits per heavy atom. The monoisotopic (exact) mass is 269 g/mol. The number of rotatable bonds is 9. The van der Waals surface area contributed by atoms with E-state index in [-0.39, 0.29) is 5.91 Å². The Morgan fingerprint density at radius 3 is 2.37 bits per heavy atom. The lowest BCUT2D eigenvalue weighted by Gasteiger charge is -2.38. The number of nitrogens with zero attached hydrogens (tertiary/aromatic N) is 1. The summed E-state index contributed by atoms with van der Waals surface area (Å²) in [6, 6.07) is 0.867. The predicted octanol–water partition coefficient (Wildman–Crippen LogP) is 1.74. The van der Waals surface area contributed by atoms with Crippen molar-refractivity contribution >= 4 is 5.91 Å². The molecular formula is C15H31N3O. The zero-order chi connectivity index (χ0) is 14.6. The highest BCUT2D eigenvalue weighted by atomic mass is 16.1. The molecule has 19 heavy (non-hydrogen) atoms. The number of hydrogen-bond donors (Lipinski definition) is 2. The smallest absolute Gasteiger partial charge is 0.237 e. The SMILES string of the molecule is CCNC(C)(CC(C)N(CC1CC1)C(C)C)C(N)=O. The van der Waals surface area contributed by atoms with Crippen LogP contribution in [-0.4, -0.2) is 41.5 Å². The summed E-state index contributed by atoms with van der Waals surface area (Å²) in [4.78, 5) is 14.2. The van der Waals surface area contributed by atoms with Crippen LogP contribution >= 0.6 is 0 Å². The molecule has 0 aromatic carbocycles. The number of nitrogens with one attached hydrogen (secondary N) is 1. The van der Waals surface area contributed by atoms with E-state index in [1.807, 2.05) is 13.8 Å². The molecule has 0 aliphatic heterocycles. The van der Waals surface area contributed by atoms with E-state index in [0.717, 1.165) is 25.4 Å². The summed E-state index contributed by atoms with van der Waals surface area (Å²) < 4.78 is 0. The van der Waals surface area contributed by atoms with Crippen molar-refractivity contribution in [3.63, 3.8) is 0 Å². The van der Waals surface area contributed by atoms with Crippen LogP contribution in [0, 0.1) is 5.92 Å². The zero-order valence-electron chi connectivity index (χ0n) is 13.2. The van der Waals surface area contributed by atoms with Gasteiger partial charge >= 0.3 is 0 Å². The van der Waals surface area contributed by atoms with Gasteiger partial charge in [0.2, 0.25) is 5.91 Å². The lowest BCUT2D eigenvalue weighted by Crippen LogP contribution is -2.57. The van der Waals surface area contributed by atoms with E-state index in [2.05, 4.69) is 31.0 Å². The first kappa shape index (κ1) is 16.4. The van der Waals surface area contributed by atoms with Gasteiger partial charge in [-0.1, -0.05) is 6.92 Å². The topological polar surface area (TPSA) is 58.4 Å². The van der Waals surface area contributed by atoms with E-state index >= 15 is 0 Å². The van der Waals surface area contributed by atoms with Crippen LogP contribution in [0.3, 0.4) is 0 Å². The largest absolute Gasteiger partial charge is 0.368 e. The summed E-state index contributed by atoms with van der Waals surface area (Å²) >= 11 is 0. The minimum atomic E-state index is -0.606. The van der Waals surface area contributed by atoms with E-state index < -0.39 is 5.54 Å². The van der Waals surface area contributed by atoms with E-state index in [1.54, 1.807) is 0 Å². The second-order valence-electron chi connectivity index (χ2n) is 6.51. The van der Waals surface area contributed by atoms with Crippen molar-refractivity contribution in [2.75, 3.05) is 13.1 Å². The standard InChI is InChI=1S/C15H31N3O/c1-6-17-15(5,14(16)19)9-12(4)18(11(2)3)10-13-7-8-13/h11-13,17H,6-10H2,1-5H3,(H2,16,19). The average Bonchev–Trinajstić information content (AvgIpc) is 3.08. The maximum atomic E-state index is 11.7. The van der Waals surface area contributed by atoms with E-state index in [9.17, 15) is 4.79 Å². The van der Waals surface area contributed by atoms with Crippen molar-refractivity contribution in [2.45, 2.75) is 71.5 Å². The van der Waals surface area contributed by atoms with Crippen molar-refractivity contribution in [2.24, 2.45) is 11.7 Å². The molecule has 3 N–H and O–H groups in total. The van der Waals surface area contributed by atoms with Crippen molar-refractivity contribution in [1.82, 2.24) is 10.2 Å². The molecule has 0 saturated heterocycles. The summed E-state index contributed by atoms with van der Waals surface area (Å²) in [6.07, 6.45) is 3.48. The third kappa shape index (κ3) is 4.77. The normalized spacial score (nSPS) is 20.6. The molecule has 1 aliphatic carbocycles. The summed E-state index contributed by atoms with van der Waals surface area (Å²) in [5.74, 6) is 0.611. The second-order valence-corrected chi connectivity index (χ2v) is 6.51. The number of carbonyl (C=O) groups is 1. The molecule has 1 rings (SSSR count). The third-order valence-corrected chi connectivity index (χ3v) is 4.21. The van der Waals surface area contributed by atoms with Gasteiger partial charge in [0, 0.05) is 18.6 Å². The van der Waals surface area contributed by atoms with Gasteiger partial charge in [-0.3, -0.25) is 9.69 Å².